The van der Waals surface area contributed by atoms with Gasteiger partial charge in [-0.1, -0.05) is 18.2 Å². The summed E-state index contributed by atoms with van der Waals surface area (Å²) >= 11 is 1.09. The lowest BCUT2D eigenvalue weighted by molar-refractivity contribution is -0.125. The molecule has 3 amide bonds. The Bertz CT molecular complexity index is 1270. The minimum absolute atomic E-state index is 0.0302. The number of carbonyl (C=O) groups excluding carboxylic acids is 3. The third-order valence-corrected chi connectivity index (χ3v) is 6.95. The lowest BCUT2D eigenvalue weighted by Crippen LogP contribution is -2.51. The highest BCUT2D eigenvalue weighted by Crippen LogP contribution is 2.55. The molecule has 1 N–H and O–H groups in total. The number of rotatable bonds is 5. The number of hydrogen-bond acceptors (Lipinski definition) is 5. The predicted octanol–water partition coefficient (Wildman–Crippen LogP) is 3.15. The molecular formula is C23H17F2N3O4S. The van der Waals surface area contributed by atoms with Crippen molar-refractivity contribution in [3.63, 3.8) is 0 Å². The van der Waals surface area contributed by atoms with Gasteiger partial charge in [-0.25, -0.2) is 8.78 Å². The van der Waals surface area contributed by atoms with E-state index < -0.39 is 34.2 Å². The van der Waals surface area contributed by atoms with Gasteiger partial charge in [0, 0.05) is 17.3 Å². The molecule has 2 aliphatic rings. The average molecular weight is 469 g/mol. The van der Waals surface area contributed by atoms with E-state index in [2.05, 4.69) is 5.32 Å². The van der Waals surface area contributed by atoms with Gasteiger partial charge in [0.15, 0.2) is 11.6 Å². The molecule has 2 aliphatic heterocycles. The second kappa shape index (κ2) is 8.04. The highest BCUT2D eigenvalue weighted by molar-refractivity contribution is 8.02. The number of fused-ring (bicyclic) bond motifs is 2. The zero-order valence-electron chi connectivity index (χ0n) is 17.1. The van der Waals surface area contributed by atoms with Crippen LogP contribution in [0.4, 0.5) is 20.2 Å². The van der Waals surface area contributed by atoms with Crippen molar-refractivity contribution < 1.29 is 27.6 Å². The molecule has 1 unspecified atom stereocenters. The van der Waals surface area contributed by atoms with Crippen LogP contribution in [0.15, 0.2) is 65.3 Å². The van der Waals surface area contributed by atoms with Gasteiger partial charge < -0.3 is 9.73 Å². The Morgan fingerprint density at radius 2 is 1.91 bits per heavy atom. The van der Waals surface area contributed by atoms with E-state index in [0.29, 0.717) is 17.0 Å². The van der Waals surface area contributed by atoms with E-state index in [-0.39, 0.29) is 24.5 Å². The number of nitrogens with zero attached hydrogens (tertiary/aromatic N) is 2. The SMILES string of the molecule is O=C(CN1C(=O)C2(SCC(=O)N2c2ccc(F)c(F)c2)c2ccccc21)NCc1ccco1. The van der Waals surface area contributed by atoms with Gasteiger partial charge >= 0.3 is 0 Å². The fourth-order valence-electron chi connectivity index (χ4n) is 4.13. The highest BCUT2D eigenvalue weighted by atomic mass is 32.2. The summed E-state index contributed by atoms with van der Waals surface area (Å²) in [5.41, 5.74) is 1.05. The van der Waals surface area contributed by atoms with Gasteiger partial charge in [-0.3, -0.25) is 24.2 Å². The number of anilines is 2. The van der Waals surface area contributed by atoms with Gasteiger partial charge in [0.25, 0.3) is 5.91 Å². The van der Waals surface area contributed by atoms with Crippen molar-refractivity contribution in [2.24, 2.45) is 0 Å². The summed E-state index contributed by atoms with van der Waals surface area (Å²) in [4.78, 5) is 40.3. The van der Waals surface area contributed by atoms with Crippen molar-refractivity contribution in [1.82, 2.24) is 5.32 Å². The monoisotopic (exact) mass is 469 g/mol. The second-order valence-corrected chi connectivity index (χ2v) is 8.69. The van der Waals surface area contributed by atoms with Crippen molar-refractivity contribution in [2.75, 3.05) is 22.1 Å². The van der Waals surface area contributed by atoms with Crippen LogP contribution < -0.4 is 15.1 Å². The molecule has 2 aromatic carbocycles. The van der Waals surface area contributed by atoms with E-state index in [1.807, 2.05) is 0 Å². The van der Waals surface area contributed by atoms with E-state index in [4.69, 9.17) is 4.42 Å². The summed E-state index contributed by atoms with van der Waals surface area (Å²) in [6.07, 6.45) is 1.49. The largest absolute Gasteiger partial charge is 0.467 e. The molecule has 5 rings (SSSR count). The van der Waals surface area contributed by atoms with Crippen molar-refractivity contribution in [2.45, 2.75) is 11.4 Å². The molecule has 7 nitrogen and oxygen atoms in total. The molecule has 0 bridgehead atoms. The number of hydrogen-bond donors (Lipinski definition) is 1. The summed E-state index contributed by atoms with van der Waals surface area (Å²) in [6, 6.07) is 13.3. The van der Waals surface area contributed by atoms with Crippen LogP contribution in [0.25, 0.3) is 0 Å². The summed E-state index contributed by atoms with van der Waals surface area (Å²) in [5, 5.41) is 2.70. The van der Waals surface area contributed by atoms with E-state index in [1.165, 1.54) is 22.1 Å². The smallest absolute Gasteiger partial charge is 0.269 e. The zero-order valence-corrected chi connectivity index (χ0v) is 17.9. The van der Waals surface area contributed by atoms with Gasteiger partial charge in [-0.05, 0) is 30.3 Å². The van der Waals surface area contributed by atoms with Crippen LogP contribution in [0.1, 0.15) is 11.3 Å². The van der Waals surface area contributed by atoms with Crippen LogP contribution in [0.2, 0.25) is 0 Å². The molecule has 0 aliphatic carbocycles. The molecular weight excluding hydrogens is 452 g/mol. The Kier molecular flexibility index (Phi) is 5.16. The second-order valence-electron chi connectivity index (χ2n) is 7.52. The summed E-state index contributed by atoms with van der Waals surface area (Å²) in [5.74, 6) is -2.98. The fourth-order valence-corrected chi connectivity index (χ4v) is 5.49. The zero-order chi connectivity index (χ0) is 23.2. The summed E-state index contributed by atoms with van der Waals surface area (Å²) < 4.78 is 32.7. The third-order valence-electron chi connectivity index (χ3n) is 5.57. The molecule has 1 atom stereocenters. The van der Waals surface area contributed by atoms with Gasteiger partial charge in [-0.15, -0.1) is 11.8 Å². The van der Waals surface area contributed by atoms with Crippen LogP contribution in [-0.4, -0.2) is 30.0 Å². The maximum absolute atomic E-state index is 14.0. The van der Waals surface area contributed by atoms with Crippen molar-refractivity contribution in [3.05, 3.63) is 83.8 Å². The van der Waals surface area contributed by atoms with Gasteiger partial charge in [0.2, 0.25) is 16.7 Å². The van der Waals surface area contributed by atoms with Crippen molar-refractivity contribution in [1.29, 1.82) is 0 Å². The molecule has 33 heavy (non-hydrogen) atoms. The number of benzene rings is 2. The molecule has 1 saturated heterocycles. The Balaban J connectivity index is 1.50. The predicted molar refractivity (Wildman–Crippen MR) is 117 cm³/mol. The highest BCUT2D eigenvalue weighted by Gasteiger charge is 2.61. The molecule has 3 heterocycles. The number of nitrogens with one attached hydrogen (secondary N) is 1. The lowest BCUT2D eigenvalue weighted by atomic mass is 10.0. The Morgan fingerprint density at radius 3 is 2.67 bits per heavy atom. The molecule has 168 valence electrons. The maximum Gasteiger partial charge on any atom is 0.269 e. The van der Waals surface area contributed by atoms with Crippen molar-refractivity contribution >= 4 is 40.9 Å². The quantitative estimate of drug-likeness (QED) is 0.621. The molecule has 1 spiro atoms. The first kappa shape index (κ1) is 21.2. The molecule has 1 aromatic heterocycles. The number of para-hydroxylation sites is 1. The van der Waals surface area contributed by atoms with Crippen LogP contribution >= 0.6 is 11.8 Å². The molecule has 1 fully saturated rings. The molecule has 3 aromatic rings. The number of carbonyl (C=O) groups is 3. The molecule has 0 radical (unpaired) electrons. The molecule has 0 saturated carbocycles. The van der Waals surface area contributed by atoms with Gasteiger partial charge in [0.1, 0.15) is 12.3 Å². The third kappa shape index (κ3) is 3.37. The summed E-state index contributed by atoms with van der Waals surface area (Å²) in [7, 11) is 0. The first-order valence-electron chi connectivity index (χ1n) is 10.0. The van der Waals surface area contributed by atoms with E-state index in [1.54, 1.807) is 36.4 Å². The Morgan fingerprint density at radius 1 is 1.09 bits per heavy atom. The topological polar surface area (TPSA) is 82.9 Å². The molecule has 10 heteroatoms. The lowest BCUT2D eigenvalue weighted by Gasteiger charge is -2.33. The van der Waals surface area contributed by atoms with Crippen LogP contribution in [0, 0.1) is 11.6 Å². The van der Waals surface area contributed by atoms with Gasteiger partial charge in [0.05, 0.1) is 24.2 Å². The number of thioether (sulfide) groups is 1. The summed E-state index contributed by atoms with van der Waals surface area (Å²) in [6.45, 7) is -0.118. The van der Waals surface area contributed by atoms with Crippen LogP contribution in [0.3, 0.4) is 0 Å². The average Bonchev–Trinajstić information content (AvgIpc) is 3.50. The van der Waals surface area contributed by atoms with Crippen LogP contribution in [0.5, 0.6) is 0 Å². The number of halogens is 2. The standard InChI is InChI=1S/C23H17F2N3O4S/c24-17-8-7-14(10-18(17)25)28-21(30)13-33-23(28)16-5-1-2-6-19(16)27(22(23)31)12-20(29)26-11-15-4-3-9-32-15/h1-10H,11-13H2,(H,26,29). The number of furan rings is 1. The van der Waals surface area contributed by atoms with E-state index in [0.717, 1.165) is 23.9 Å². The Hall–Kier alpha value is -3.66. The number of amides is 3. The first-order chi connectivity index (χ1) is 15.9. The minimum Gasteiger partial charge on any atom is -0.467 e. The van der Waals surface area contributed by atoms with Crippen LogP contribution in [-0.2, 0) is 25.8 Å². The normalized spacial score (nSPS) is 19.5. The fraction of sp³-hybridized carbons (Fsp3) is 0.174. The maximum atomic E-state index is 14.0. The van der Waals surface area contributed by atoms with E-state index >= 15 is 0 Å². The van der Waals surface area contributed by atoms with Gasteiger partial charge in [-0.2, -0.15) is 0 Å². The van der Waals surface area contributed by atoms with Crippen molar-refractivity contribution in [3.8, 4) is 0 Å². The minimum atomic E-state index is -1.51. The Labute approximate surface area is 191 Å². The first-order valence-corrected chi connectivity index (χ1v) is 11.0. The van der Waals surface area contributed by atoms with E-state index in [9.17, 15) is 23.2 Å².